The van der Waals surface area contributed by atoms with Crippen LogP contribution in [0.4, 0.5) is 0 Å². The molecule has 0 atom stereocenters. The van der Waals surface area contributed by atoms with E-state index in [1.807, 2.05) is 34.6 Å². The van der Waals surface area contributed by atoms with Gasteiger partial charge >= 0.3 is 0 Å². The molecular formula is C15H22I2N4O. The zero-order valence-electron chi connectivity index (χ0n) is 14.0. The van der Waals surface area contributed by atoms with Gasteiger partial charge in [0.15, 0.2) is 0 Å². The number of rotatable bonds is 0. The zero-order chi connectivity index (χ0) is 17.4. The van der Waals surface area contributed by atoms with E-state index in [-0.39, 0.29) is 5.56 Å². The molecule has 0 saturated heterocycles. The van der Waals surface area contributed by atoms with Crippen LogP contribution in [0.25, 0.3) is 0 Å². The number of hydrogen-bond donors (Lipinski definition) is 1. The number of hydrogen-bond acceptors (Lipinski definition) is 4. The Morgan fingerprint density at radius 1 is 0.727 bits per heavy atom. The number of nitrogens with one attached hydrogen (secondary N) is 1. The Labute approximate surface area is 155 Å². The molecule has 7 heteroatoms. The van der Waals surface area contributed by atoms with Crippen molar-refractivity contribution in [3.63, 3.8) is 0 Å². The summed E-state index contributed by atoms with van der Waals surface area (Å²) in [6.45, 7) is 13.4. The van der Waals surface area contributed by atoms with Gasteiger partial charge in [0, 0.05) is 59.9 Å². The van der Waals surface area contributed by atoms with Crippen LogP contribution in [0.3, 0.4) is 0 Å². The van der Waals surface area contributed by atoms with Crippen LogP contribution < -0.4 is 5.56 Å². The molecule has 5 nitrogen and oxygen atoms in total. The summed E-state index contributed by atoms with van der Waals surface area (Å²) in [6, 6.07) is 0. The molecule has 1 N–H and O–H groups in total. The monoisotopic (exact) mass is 528 g/mol. The maximum Gasteiger partial charge on any atom is 0.254 e. The van der Waals surface area contributed by atoms with Gasteiger partial charge in [-0.3, -0.25) is 4.79 Å². The van der Waals surface area contributed by atoms with E-state index in [2.05, 4.69) is 57.2 Å². The average molecular weight is 528 g/mol. The summed E-state index contributed by atoms with van der Waals surface area (Å²) in [5, 5.41) is 0. The lowest BCUT2D eigenvalue weighted by Crippen LogP contribution is -2.14. The molecule has 0 radical (unpaired) electrons. The Hall–Kier alpha value is -0.580. The Morgan fingerprint density at radius 3 is 1.55 bits per heavy atom. The smallest absolute Gasteiger partial charge is 0.254 e. The van der Waals surface area contributed by atoms with Gasteiger partial charge in [-0.1, -0.05) is 0 Å². The first kappa shape index (κ1) is 21.4. The summed E-state index contributed by atoms with van der Waals surface area (Å²) in [6.07, 6.45) is 0. The van der Waals surface area contributed by atoms with Crippen molar-refractivity contribution in [2.75, 3.05) is 0 Å². The van der Waals surface area contributed by atoms with Crippen molar-refractivity contribution >= 4 is 37.2 Å². The fourth-order valence-electron chi connectivity index (χ4n) is 1.73. The van der Waals surface area contributed by atoms with Crippen LogP contribution in [0, 0.1) is 48.5 Å². The zero-order valence-corrected chi connectivity index (χ0v) is 18.3. The summed E-state index contributed by atoms with van der Waals surface area (Å²) in [4.78, 5) is 26.1. The molecule has 2 aromatic rings. The minimum atomic E-state index is -0.0370. The topological polar surface area (TPSA) is 71.5 Å². The molecule has 0 amide bonds. The first-order valence-electron chi connectivity index (χ1n) is 6.69. The van der Waals surface area contributed by atoms with Crippen molar-refractivity contribution in [3.8, 4) is 0 Å². The molecule has 0 fully saturated rings. The molecule has 0 spiro atoms. The van der Waals surface area contributed by atoms with Crippen molar-refractivity contribution < 1.29 is 0 Å². The van der Waals surface area contributed by atoms with E-state index in [9.17, 15) is 4.79 Å². The third-order valence-corrected chi connectivity index (χ3v) is 3.26. The second kappa shape index (κ2) is 10.2. The third-order valence-electron chi connectivity index (χ3n) is 3.26. The minimum Gasteiger partial charge on any atom is -0.311 e. The summed E-state index contributed by atoms with van der Waals surface area (Å²) < 4.78 is 0. The molecule has 0 aliphatic heterocycles. The molecule has 22 heavy (non-hydrogen) atoms. The highest BCUT2D eigenvalue weighted by Crippen LogP contribution is 2.06. The fraction of sp³-hybridized carbons (Fsp3) is 0.467. The van der Waals surface area contributed by atoms with E-state index >= 15 is 0 Å². The first-order valence-corrected chi connectivity index (χ1v) is 13.0. The lowest BCUT2D eigenvalue weighted by molar-refractivity contribution is 0.948. The normalized spacial score (nSPS) is 9.32. The number of aryl methyl sites for hydroxylation is 5. The highest BCUT2D eigenvalue weighted by atomic mass is 128. The molecular weight excluding hydrogens is 506 g/mol. The molecule has 0 unspecified atom stereocenters. The van der Waals surface area contributed by atoms with Crippen molar-refractivity contribution in [2.45, 2.75) is 48.5 Å². The largest absolute Gasteiger partial charge is 0.311 e. The first-order chi connectivity index (χ1) is 10.2. The molecule has 2 rings (SSSR count). The Morgan fingerprint density at radius 2 is 1.14 bits per heavy atom. The molecule has 2 heterocycles. The summed E-state index contributed by atoms with van der Waals surface area (Å²) >= 11 is 4.24. The van der Waals surface area contributed by atoms with E-state index in [1.54, 1.807) is 13.8 Å². The van der Waals surface area contributed by atoms with Crippen molar-refractivity contribution in [1.29, 1.82) is 0 Å². The van der Waals surface area contributed by atoms with Gasteiger partial charge in [0.2, 0.25) is 0 Å². The molecule has 0 saturated carbocycles. The van der Waals surface area contributed by atoms with Crippen LogP contribution in [0.2, 0.25) is 0 Å². The van der Waals surface area contributed by atoms with Gasteiger partial charge in [0.25, 0.3) is 5.56 Å². The van der Waals surface area contributed by atoms with Crippen molar-refractivity contribution in [2.24, 2.45) is 0 Å². The fourth-order valence-corrected chi connectivity index (χ4v) is 1.73. The molecule has 0 aliphatic carbocycles. The van der Waals surface area contributed by atoms with E-state index < -0.39 is 0 Å². The molecule has 0 bridgehead atoms. The lowest BCUT2D eigenvalue weighted by Gasteiger charge is -2.02. The van der Waals surface area contributed by atoms with Gasteiger partial charge < -0.3 is 4.98 Å². The second-order valence-electron chi connectivity index (χ2n) is 4.93. The van der Waals surface area contributed by atoms with E-state index in [0.717, 1.165) is 22.9 Å². The highest BCUT2D eigenvalue weighted by molar-refractivity contribution is 15.0. The lowest BCUT2D eigenvalue weighted by atomic mass is 10.2. The van der Waals surface area contributed by atoms with Gasteiger partial charge in [-0.2, -0.15) is 0 Å². The summed E-state index contributed by atoms with van der Waals surface area (Å²) in [5.74, 6) is 1.54. The van der Waals surface area contributed by atoms with E-state index in [1.165, 1.54) is 5.56 Å². The summed E-state index contributed by atoms with van der Waals surface area (Å²) in [5.41, 5.74) is 4.84. The van der Waals surface area contributed by atoms with Crippen LogP contribution in [-0.2, 0) is 0 Å². The quantitative estimate of drug-likeness (QED) is 0.522. The third kappa shape index (κ3) is 6.67. The predicted molar refractivity (Wildman–Crippen MR) is 108 cm³/mol. The Balaban J connectivity index is 0.000000360. The number of H-pyrrole nitrogens is 1. The van der Waals surface area contributed by atoms with Gasteiger partial charge in [0.05, 0.1) is 0 Å². The highest BCUT2D eigenvalue weighted by Gasteiger charge is 1.99. The second-order valence-corrected chi connectivity index (χ2v) is 4.93. The van der Waals surface area contributed by atoms with Gasteiger partial charge in [0.1, 0.15) is 11.6 Å². The van der Waals surface area contributed by atoms with E-state index in [4.69, 9.17) is 0 Å². The average Bonchev–Trinajstić information content (AvgIpc) is 2.45. The number of aromatic amines is 1. The predicted octanol–water partition coefficient (Wildman–Crippen LogP) is 4.18. The number of halogens is 2. The maximum atomic E-state index is 11.0. The van der Waals surface area contributed by atoms with Gasteiger partial charge in [-0.15, -0.1) is 0 Å². The number of nitrogens with zero attached hydrogens (tertiary/aromatic N) is 3. The minimum absolute atomic E-state index is 0.0370. The van der Waals surface area contributed by atoms with Gasteiger partial charge in [-0.05, 0) is 54.0 Å². The molecule has 0 aliphatic rings. The summed E-state index contributed by atoms with van der Waals surface area (Å²) in [7, 11) is 0. The number of aromatic nitrogens is 4. The van der Waals surface area contributed by atoms with E-state index in [0.29, 0.717) is 11.4 Å². The maximum absolute atomic E-state index is 11.0. The molecule has 2 aromatic heterocycles. The van der Waals surface area contributed by atoms with Crippen LogP contribution in [0.5, 0.6) is 0 Å². The standard InChI is InChI=1S/C8H12N2.C7H10N2O.I2/c1-5-6(2)9-8(4)10-7(5)3;1-4-5(2)8-6(3)9-7(4)10;1-2/h1-4H3;1-3H3,(H,8,9,10);. The van der Waals surface area contributed by atoms with Crippen LogP contribution in [0.15, 0.2) is 4.79 Å². The van der Waals surface area contributed by atoms with Crippen molar-refractivity contribution in [3.05, 3.63) is 50.2 Å². The van der Waals surface area contributed by atoms with Crippen LogP contribution in [0.1, 0.15) is 39.9 Å². The van der Waals surface area contributed by atoms with Crippen LogP contribution >= 0.6 is 37.2 Å². The SMILES string of the molecule is Cc1nc(C)c(C)c(=O)[nH]1.Cc1nc(C)c(C)c(C)n1.II. The van der Waals surface area contributed by atoms with Crippen LogP contribution in [-0.4, -0.2) is 19.9 Å². The Bertz CT molecular complexity index is 661. The van der Waals surface area contributed by atoms with Gasteiger partial charge in [-0.25, -0.2) is 15.0 Å². The Kier molecular flexibility index (Phi) is 9.97. The molecule has 0 aromatic carbocycles. The van der Waals surface area contributed by atoms with Crippen molar-refractivity contribution in [1.82, 2.24) is 19.9 Å². The molecule has 122 valence electrons.